The van der Waals surface area contributed by atoms with Gasteiger partial charge < -0.3 is 10.3 Å². The van der Waals surface area contributed by atoms with Crippen molar-refractivity contribution in [3.63, 3.8) is 0 Å². The highest BCUT2D eigenvalue weighted by Gasteiger charge is 2.25. The van der Waals surface area contributed by atoms with Crippen molar-refractivity contribution in [3.05, 3.63) is 64.3 Å². The largest absolute Gasteiger partial charge is 0.346 e. The highest BCUT2D eigenvalue weighted by atomic mass is 16.2. The van der Waals surface area contributed by atoms with Crippen LogP contribution in [0.5, 0.6) is 0 Å². The molecule has 0 bridgehead atoms. The predicted molar refractivity (Wildman–Crippen MR) is 82.4 cm³/mol. The predicted octanol–water partition coefficient (Wildman–Crippen LogP) is 0.774. The standard InChI is InChI=1S/C16H18N4O2/c21-15-14(17-7-8-18-15)16(22)19-13-6-9-20(11-13)10-12-4-2-1-3-5-12/h1-5,7-8,13H,6,9-11H2,(H,18,21)(H,19,22). The summed E-state index contributed by atoms with van der Waals surface area (Å²) in [6.45, 7) is 2.58. The third-order valence-corrected chi connectivity index (χ3v) is 3.78. The molecule has 1 amide bonds. The smallest absolute Gasteiger partial charge is 0.279 e. The number of likely N-dealkylation sites (tertiary alicyclic amines) is 1. The number of aromatic amines is 1. The maximum atomic E-state index is 12.1. The normalized spacial score (nSPS) is 18.3. The molecule has 1 fully saturated rings. The quantitative estimate of drug-likeness (QED) is 0.874. The van der Waals surface area contributed by atoms with Gasteiger partial charge in [-0.25, -0.2) is 4.98 Å². The Kier molecular flexibility index (Phi) is 4.29. The van der Waals surface area contributed by atoms with Crippen LogP contribution < -0.4 is 10.9 Å². The molecule has 1 aliphatic rings. The van der Waals surface area contributed by atoms with Crippen molar-refractivity contribution in [2.45, 2.75) is 19.0 Å². The molecule has 2 N–H and O–H groups in total. The van der Waals surface area contributed by atoms with E-state index in [1.807, 2.05) is 18.2 Å². The number of carbonyl (C=O) groups is 1. The molecule has 1 aromatic heterocycles. The van der Waals surface area contributed by atoms with E-state index in [0.29, 0.717) is 0 Å². The Morgan fingerprint density at radius 3 is 2.95 bits per heavy atom. The van der Waals surface area contributed by atoms with Crippen LogP contribution in [-0.4, -0.2) is 39.9 Å². The first-order chi connectivity index (χ1) is 10.7. The number of benzene rings is 1. The summed E-state index contributed by atoms with van der Waals surface area (Å²) in [6.07, 6.45) is 3.70. The number of hydrogen-bond acceptors (Lipinski definition) is 4. The van der Waals surface area contributed by atoms with Gasteiger partial charge in [0.1, 0.15) is 0 Å². The molecule has 0 spiro atoms. The van der Waals surface area contributed by atoms with E-state index in [2.05, 4.69) is 32.3 Å². The van der Waals surface area contributed by atoms with Crippen molar-refractivity contribution in [2.75, 3.05) is 13.1 Å². The minimum absolute atomic E-state index is 0.0534. The Hall–Kier alpha value is -2.47. The molecule has 1 aliphatic heterocycles. The zero-order chi connectivity index (χ0) is 15.4. The fourth-order valence-electron chi connectivity index (χ4n) is 2.70. The summed E-state index contributed by atoms with van der Waals surface area (Å²) in [7, 11) is 0. The summed E-state index contributed by atoms with van der Waals surface area (Å²) in [4.78, 5) is 32.2. The summed E-state index contributed by atoms with van der Waals surface area (Å²) >= 11 is 0. The van der Waals surface area contributed by atoms with Crippen LogP contribution in [0, 0.1) is 0 Å². The van der Waals surface area contributed by atoms with Gasteiger partial charge in [0.2, 0.25) is 0 Å². The van der Waals surface area contributed by atoms with E-state index >= 15 is 0 Å². The van der Waals surface area contributed by atoms with Gasteiger partial charge in [-0.3, -0.25) is 14.5 Å². The highest BCUT2D eigenvalue weighted by molar-refractivity contribution is 5.92. The molecule has 1 unspecified atom stereocenters. The molecule has 114 valence electrons. The van der Waals surface area contributed by atoms with Gasteiger partial charge in [0.25, 0.3) is 11.5 Å². The molecule has 1 atom stereocenters. The van der Waals surface area contributed by atoms with Crippen LogP contribution in [0.1, 0.15) is 22.5 Å². The SMILES string of the molecule is O=C(NC1CCN(Cc2ccccc2)C1)c1ncc[nH]c1=O. The van der Waals surface area contributed by atoms with Gasteiger partial charge in [-0.2, -0.15) is 0 Å². The first kappa shape index (κ1) is 14.5. The van der Waals surface area contributed by atoms with Crippen LogP contribution in [0.3, 0.4) is 0 Å². The molecule has 6 heteroatoms. The third-order valence-electron chi connectivity index (χ3n) is 3.78. The molecular formula is C16H18N4O2. The molecule has 6 nitrogen and oxygen atoms in total. The molecule has 22 heavy (non-hydrogen) atoms. The number of nitrogens with zero attached hydrogens (tertiary/aromatic N) is 2. The van der Waals surface area contributed by atoms with Crippen molar-refractivity contribution in [1.29, 1.82) is 0 Å². The lowest BCUT2D eigenvalue weighted by molar-refractivity contribution is 0.0931. The second-order valence-corrected chi connectivity index (χ2v) is 5.45. The average Bonchev–Trinajstić information content (AvgIpc) is 2.95. The first-order valence-electron chi connectivity index (χ1n) is 7.33. The fourth-order valence-corrected chi connectivity index (χ4v) is 2.70. The highest BCUT2D eigenvalue weighted by Crippen LogP contribution is 2.13. The first-order valence-corrected chi connectivity index (χ1v) is 7.33. The van der Waals surface area contributed by atoms with E-state index in [4.69, 9.17) is 0 Å². The summed E-state index contributed by atoms with van der Waals surface area (Å²) in [5, 5.41) is 2.89. The van der Waals surface area contributed by atoms with Crippen molar-refractivity contribution >= 4 is 5.91 Å². The second kappa shape index (κ2) is 6.53. The van der Waals surface area contributed by atoms with Crippen LogP contribution >= 0.6 is 0 Å². The van der Waals surface area contributed by atoms with Crippen molar-refractivity contribution in [2.24, 2.45) is 0 Å². The van der Waals surface area contributed by atoms with Gasteiger partial charge in [-0.15, -0.1) is 0 Å². The van der Waals surface area contributed by atoms with Crippen molar-refractivity contribution in [3.8, 4) is 0 Å². The molecule has 0 radical (unpaired) electrons. The lowest BCUT2D eigenvalue weighted by Gasteiger charge is -2.16. The van der Waals surface area contributed by atoms with Crippen LogP contribution in [0.15, 0.2) is 47.5 Å². The number of aromatic nitrogens is 2. The number of rotatable bonds is 4. The number of amides is 1. The van der Waals surface area contributed by atoms with Gasteiger partial charge in [-0.05, 0) is 12.0 Å². The van der Waals surface area contributed by atoms with Gasteiger partial charge in [0.15, 0.2) is 5.69 Å². The molecular weight excluding hydrogens is 280 g/mol. The Morgan fingerprint density at radius 2 is 2.18 bits per heavy atom. The van der Waals surface area contributed by atoms with E-state index in [9.17, 15) is 9.59 Å². The summed E-state index contributed by atoms with van der Waals surface area (Å²) in [5.41, 5.74) is 0.721. The van der Waals surface area contributed by atoms with Crippen molar-refractivity contribution < 1.29 is 4.79 Å². The molecule has 2 heterocycles. The fraction of sp³-hybridized carbons (Fsp3) is 0.312. The molecule has 1 aromatic carbocycles. The van der Waals surface area contributed by atoms with Gasteiger partial charge >= 0.3 is 0 Å². The summed E-state index contributed by atoms with van der Waals surface area (Å²) < 4.78 is 0. The maximum Gasteiger partial charge on any atom is 0.279 e. The Labute approximate surface area is 128 Å². The topological polar surface area (TPSA) is 78.1 Å². The minimum atomic E-state index is -0.459. The average molecular weight is 298 g/mol. The minimum Gasteiger partial charge on any atom is -0.346 e. The van der Waals surface area contributed by atoms with E-state index < -0.39 is 11.5 Å². The maximum absolute atomic E-state index is 12.1. The van der Waals surface area contributed by atoms with Gasteiger partial charge in [0.05, 0.1) is 0 Å². The van der Waals surface area contributed by atoms with E-state index in [1.54, 1.807) is 0 Å². The van der Waals surface area contributed by atoms with E-state index in [-0.39, 0.29) is 11.7 Å². The number of carbonyl (C=O) groups excluding carboxylic acids is 1. The molecule has 0 saturated carbocycles. The number of H-pyrrole nitrogens is 1. The monoisotopic (exact) mass is 298 g/mol. The van der Waals surface area contributed by atoms with Crippen LogP contribution in [-0.2, 0) is 6.54 Å². The zero-order valence-electron chi connectivity index (χ0n) is 12.2. The van der Waals surface area contributed by atoms with E-state index in [1.165, 1.54) is 18.0 Å². The number of nitrogens with one attached hydrogen (secondary N) is 2. The molecule has 3 rings (SSSR count). The van der Waals surface area contributed by atoms with E-state index in [0.717, 1.165) is 26.1 Å². The zero-order valence-corrected chi connectivity index (χ0v) is 12.2. The summed E-state index contributed by atoms with van der Waals surface area (Å²) in [6, 6.07) is 10.3. The Morgan fingerprint density at radius 1 is 1.36 bits per heavy atom. The molecule has 0 aliphatic carbocycles. The summed E-state index contributed by atoms with van der Waals surface area (Å²) in [5.74, 6) is -0.409. The van der Waals surface area contributed by atoms with Gasteiger partial charge in [-0.1, -0.05) is 30.3 Å². The number of hydrogen-bond donors (Lipinski definition) is 2. The van der Waals surface area contributed by atoms with Crippen LogP contribution in [0.25, 0.3) is 0 Å². The second-order valence-electron chi connectivity index (χ2n) is 5.45. The van der Waals surface area contributed by atoms with Crippen molar-refractivity contribution in [1.82, 2.24) is 20.2 Å². The lowest BCUT2D eigenvalue weighted by Crippen LogP contribution is -2.39. The molecule has 2 aromatic rings. The lowest BCUT2D eigenvalue weighted by atomic mass is 10.2. The van der Waals surface area contributed by atoms with Crippen LogP contribution in [0.2, 0.25) is 0 Å². The van der Waals surface area contributed by atoms with Crippen LogP contribution in [0.4, 0.5) is 0 Å². The third kappa shape index (κ3) is 3.40. The van der Waals surface area contributed by atoms with Gasteiger partial charge in [0, 0.05) is 38.1 Å². The molecule has 1 saturated heterocycles. The Bertz CT molecular complexity index is 699. The Balaban J connectivity index is 1.56.